The van der Waals surface area contributed by atoms with E-state index < -0.39 is 12.1 Å². The number of rotatable bonds is 2. The number of nitrogens with zero attached hydrogens (tertiary/aromatic N) is 1. The van der Waals surface area contributed by atoms with Gasteiger partial charge in [0.1, 0.15) is 11.5 Å². The standard InChI is InChI=1S/C7H5F2IN2O/c8-6(9)4-1-3(2-13)5(10)7(11)12-4/h1-2,6H,(H2,11,12). The molecule has 0 aliphatic rings. The van der Waals surface area contributed by atoms with Crippen LogP contribution in [0.4, 0.5) is 14.6 Å². The zero-order valence-corrected chi connectivity index (χ0v) is 8.46. The van der Waals surface area contributed by atoms with Crippen molar-refractivity contribution in [2.75, 3.05) is 5.73 Å². The second kappa shape index (κ2) is 3.95. The highest BCUT2D eigenvalue weighted by Gasteiger charge is 2.13. The topological polar surface area (TPSA) is 56.0 Å². The van der Waals surface area contributed by atoms with E-state index >= 15 is 0 Å². The van der Waals surface area contributed by atoms with Gasteiger partial charge in [0, 0.05) is 5.56 Å². The minimum absolute atomic E-state index is 0.0412. The fourth-order valence-corrected chi connectivity index (χ4v) is 1.19. The molecule has 6 heteroatoms. The van der Waals surface area contributed by atoms with E-state index in [-0.39, 0.29) is 11.4 Å². The third-order valence-electron chi connectivity index (χ3n) is 1.38. The average Bonchev–Trinajstić information content (AvgIpc) is 2.09. The molecular weight excluding hydrogens is 293 g/mol. The van der Waals surface area contributed by atoms with Crippen LogP contribution in [0.3, 0.4) is 0 Å². The maximum Gasteiger partial charge on any atom is 0.280 e. The van der Waals surface area contributed by atoms with Gasteiger partial charge in [-0.3, -0.25) is 4.79 Å². The number of pyridine rings is 1. The van der Waals surface area contributed by atoms with Gasteiger partial charge in [-0.05, 0) is 28.7 Å². The Labute approximate surface area is 86.5 Å². The van der Waals surface area contributed by atoms with E-state index in [1.807, 2.05) is 0 Å². The molecule has 0 aliphatic carbocycles. The highest BCUT2D eigenvalue weighted by Crippen LogP contribution is 2.23. The fourth-order valence-electron chi connectivity index (χ4n) is 0.789. The zero-order valence-electron chi connectivity index (χ0n) is 6.30. The van der Waals surface area contributed by atoms with E-state index in [1.165, 1.54) is 0 Å². The van der Waals surface area contributed by atoms with Gasteiger partial charge in [-0.15, -0.1) is 0 Å². The van der Waals surface area contributed by atoms with Crippen molar-refractivity contribution in [1.29, 1.82) is 0 Å². The van der Waals surface area contributed by atoms with Crippen molar-refractivity contribution in [3.63, 3.8) is 0 Å². The summed E-state index contributed by atoms with van der Waals surface area (Å²) in [4.78, 5) is 13.9. The number of carbonyl (C=O) groups is 1. The van der Waals surface area contributed by atoms with Crippen molar-refractivity contribution in [2.45, 2.75) is 6.43 Å². The highest BCUT2D eigenvalue weighted by atomic mass is 127. The molecule has 0 saturated heterocycles. The summed E-state index contributed by atoms with van der Waals surface area (Å²) in [5.74, 6) is -0.0412. The normalized spacial score (nSPS) is 10.5. The minimum Gasteiger partial charge on any atom is -0.383 e. The second-order valence-corrected chi connectivity index (χ2v) is 3.33. The lowest BCUT2D eigenvalue weighted by molar-refractivity contribution is 0.112. The summed E-state index contributed by atoms with van der Waals surface area (Å²) in [5, 5.41) is 0. The van der Waals surface area contributed by atoms with Gasteiger partial charge in [0.05, 0.1) is 3.57 Å². The molecule has 3 nitrogen and oxygen atoms in total. The van der Waals surface area contributed by atoms with Crippen molar-refractivity contribution >= 4 is 34.7 Å². The molecule has 0 bridgehead atoms. The van der Waals surface area contributed by atoms with Crippen LogP contribution >= 0.6 is 22.6 Å². The number of aldehydes is 1. The van der Waals surface area contributed by atoms with Crippen LogP contribution in [0.5, 0.6) is 0 Å². The second-order valence-electron chi connectivity index (χ2n) is 2.25. The van der Waals surface area contributed by atoms with Gasteiger partial charge in [0.2, 0.25) is 0 Å². The first kappa shape index (κ1) is 10.3. The summed E-state index contributed by atoms with van der Waals surface area (Å²) in [5.41, 5.74) is 4.99. The summed E-state index contributed by atoms with van der Waals surface area (Å²) in [7, 11) is 0. The van der Waals surface area contributed by atoms with Crippen molar-refractivity contribution in [1.82, 2.24) is 4.98 Å². The molecule has 0 aromatic carbocycles. The Kier molecular flexibility index (Phi) is 3.12. The summed E-state index contributed by atoms with van der Waals surface area (Å²) in [6.45, 7) is 0. The molecule has 70 valence electrons. The van der Waals surface area contributed by atoms with Crippen molar-refractivity contribution < 1.29 is 13.6 Å². The number of nitrogen functional groups attached to an aromatic ring is 1. The Hall–Kier alpha value is -0.790. The number of aromatic nitrogens is 1. The predicted octanol–water partition coefficient (Wildman–Crippen LogP) is 2.02. The van der Waals surface area contributed by atoms with Gasteiger partial charge in [-0.2, -0.15) is 0 Å². The van der Waals surface area contributed by atoms with Gasteiger partial charge in [-0.1, -0.05) is 0 Å². The lowest BCUT2D eigenvalue weighted by atomic mass is 10.2. The molecule has 0 unspecified atom stereocenters. The molecule has 1 rings (SSSR count). The Balaban J connectivity index is 3.30. The smallest absolute Gasteiger partial charge is 0.280 e. The number of anilines is 1. The molecule has 13 heavy (non-hydrogen) atoms. The van der Waals surface area contributed by atoms with Gasteiger partial charge in [0.25, 0.3) is 6.43 Å². The molecule has 0 saturated carbocycles. The Bertz CT molecular complexity index is 344. The largest absolute Gasteiger partial charge is 0.383 e. The number of nitrogens with two attached hydrogens (primary N) is 1. The Morgan fingerprint density at radius 1 is 1.62 bits per heavy atom. The lowest BCUT2D eigenvalue weighted by Crippen LogP contribution is -2.02. The van der Waals surface area contributed by atoms with E-state index in [2.05, 4.69) is 4.98 Å². The van der Waals surface area contributed by atoms with Gasteiger partial charge >= 0.3 is 0 Å². The molecule has 1 heterocycles. The van der Waals surface area contributed by atoms with E-state index in [4.69, 9.17) is 5.73 Å². The fraction of sp³-hybridized carbons (Fsp3) is 0.143. The minimum atomic E-state index is -2.71. The summed E-state index contributed by atoms with van der Waals surface area (Å²) >= 11 is 1.78. The molecule has 1 aromatic rings. The van der Waals surface area contributed by atoms with Gasteiger partial charge in [-0.25, -0.2) is 13.8 Å². The molecular formula is C7H5F2IN2O. The third-order valence-corrected chi connectivity index (χ3v) is 2.56. The SMILES string of the molecule is Nc1nc(C(F)F)cc(C=O)c1I. The Morgan fingerprint density at radius 2 is 2.23 bits per heavy atom. The molecule has 0 radical (unpaired) electrons. The van der Waals surface area contributed by atoms with E-state index in [0.29, 0.717) is 9.86 Å². The van der Waals surface area contributed by atoms with Crippen LogP contribution in [0.15, 0.2) is 6.07 Å². The maximum atomic E-state index is 12.2. The van der Waals surface area contributed by atoms with E-state index in [9.17, 15) is 13.6 Å². The maximum absolute atomic E-state index is 12.2. The quantitative estimate of drug-likeness (QED) is 0.671. The molecule has 0 spiro atoms. The number of halogens is 3. The lowest BCUT2D eigenvalue weighted by Gasteiger charge is -2.04. The Morgan fingerprint density at radius 3 is 2.69 bits per heavy atom. The molecule has 0 fully saturated rings. The van der Waals surface area contributed by atoms with Crippen LogP contribution in [-0.4, -0.2) is 11.3 Å². The summed E-state index contributed by atoms with van der Waals surface area (Å²) in [6, 6.07) is 1.04. The number of alkyl halides is 2. The van der Waals surface area contributed by atoms with E-state index in [1.54, 1.807) is 22.6 Å². The van der Waals surface area contributed by atoms with Crippen molar-refractivity contribution in [3.05, 3.63) is 20.9 Å². The zero-order chi connectivity index (χ0) is 10.0. The first-order valence-corrected chi connectivity index (χ1v) is 4.33. The molecule has 1 aromatic heterocycles. The van der Waals surface area contributed by atoms with Crippen LogP contribution in [-0.2, 0) is 0 Å². The van der Waals surface area contributed by atoms with Crippen molar-refractivity contribution in [2.24, 2.45) is 0 Å². The number of hydrogen-bond acceptors (Lipinski definition) is 3. The third kappa shape index (κ3) is 2.11. The summed E-state index contributed by atoms with van der Waals surface area (Å²) in [6.07, 6.45) is -2.23. The summed E-state index contributed by atoms with van der Waals surface area (Å²) < 4.78 is 24.7. The first-order valence-electron chi connectivity index (χ1n) is 3.25. The van der Waals surface area contributed by atoms with Crippen LogP contribution in [0.2, 0.25) is 0 Å². The van der Waals surface area contributed by atoms with Crippen LogP contribution in [0, 0.1) is 3.57 Å². The van der Waals surface area contributed by atoms with Gasteiger partial charge in [0.15, 0.2) is 6.29 Å². The molecule has 0 atom stereocenters. The van der Waals surface area contributed by atoms with Gasteiger partial charge < -0.3 is 5.73 Å². The highest BCUT2D eigenvalue weighted by molar-refractivity contribution is 14.1. The number of carbonyl (C=O) groups excluding carboxylic acids is 1. The van der Waals surface area contributed by atoms with E-state index in [0.717, 1.165) is 6.07 Å². The van der Waals surface area contributed by atoms with Crippen LogP contribution < -0.4 is 5.73 Å². The predicted molar refractivity (Wildman–Crippen MR) is 51.7 cm³/mol. The van der Waals surface area contributed by atoms with Crippen LogP contribution in [0.1, 0.15) is 22.5 Å². The van der Waals surface area contributed by atoms with Crippen molar-refractivity contribution in [3.8, 4) is 0 Å². The van der Waals surface area contributed by atoms with Crippen LogP contribution in [0.25, 0.3) is 0 Å². The number of hydrogen-bond donors (Lipinski definition) is 1. The molecule has 2 N–H and O–H groups in total. The monoisotopic (exact) mass is 298 g/mol. The average molecular weight is 298 g/mol. The molecule has 0 aliphatic heterocycles. The molecule has 0 amide bonds. The first-order chi connectivity index (χ1) is 6.06.